The molecule has 0 aromatic rings. The van der Waals surface area contributed by atoms with Gasteiger partial charge in [-0.2, -0.15) is 0 Å². The molecule has 0 aromatic heterocycles. The molecule has 2 aliphatic carbocycles. The lowest BCUT2D eigenvalue weighted by Gasteiger charge is -2.37. The fourth-order valence-electron chi connectivity index (χ4n) is 3.06. The van der Waals surface area contributed by atoms with Crippen LogP contribution in [0, 0.1) is 25.2 Å². The van der Waals surface area contributed by atoms with Crippen molar-refractivity contribution < 1.29 is 20.1 Å². The maximum Gasteiger partial charge on any atom is 0.309 e. The van der Waals surface area contributed by atoms with E-state index in [1.54, 1.807) is 0 Å². The van der Waals surface area contributed by atoms with Crippen molar-refractivity contribution in [1.82, 2.24) is 0 Å². The number of hydrogen-bond donors (Lipinski definition) is 1. The summed E-state index contributed by atoms with van der Waals surface area (Å²) < 4.78 is 5.07. The van der Waals surface area contributed by atoms with Gasteiger partial charge in [-0.05, 0) is 37.5 Å². The van der Waals surface area contributed by atoms with Crippen LogP contribution in [-0.4, -0.2) is 29.8 Å². The highest BCUT2D eigenvalue weighted by molar-refractivity contribution is 5.73. The van der Waals surface area contributed by atoms with E-state index in [9.17, 15) is 4.79 Å². The first kappa shape index (κ1) is 17.1. The van der Waals surface area contributed by atoms with Gasteiger partial charge in [-0.3, -0.25) is 4.79 Å². The molecule has 0 bridgehead atoms. The van der Waals surface area contributed by atoms with Gasteiger partial charge in [0, 0.05) is 0 Å². The van der Waals surface area contributed by atoms with Crippen molar-refractivity contribution in [3.05, 3.63) is 19.6 Å². The molecule has 3 unspecified atom stereocenters. The second kappa shape index (κ2) is 8.27. The van der Waals surface area contributed by atoms with Gasteiger partial charge in [-0.15, -0.1) is 0 Å². The van der Waals surface area contributed by atoms with Gasteiger partial charge in [0.2, 0.25) is 0 Å². The summed E-state index contributed by atoms with van der Waals surface area (Å²) >= 11 is 0. The van der Waals surface area contributed by atoms with Crippen LogP contribution in [-0.2, 0) is 9.53 Å². The standard InChI is InChI=1S/C13H20O3.CH2.H2O/c14-8-9-16-13(15)12-7-3-5-10-4-1-2-6-11(10)12;;/h1,4,10-12,14H,2-3,5-9H2;2*1H2. The predicted octanol–water partition coefficient (Wildman–Crippen LogP) is 1.41. The zero-order valence-electron chi connectivity index (χ0n) is 10.8. The molecule has 3 N–H and O–H groups in total. The van der Waals surface area contributed by atoms with Crippen LogP contribution in [0.5, 0.6) is 0 Å². The quantitative estimate of drug-likeness (QED) is 0.612. The van der Waals surface area contributed by atoms with Crippen LogP contribution in [0.1, 0.15) is 32.1 Å². The molecule has 0 heterocycles. The molecule has 104 valence electrons. The summed E-state index contributed by atoms with van der Waals surface area (Å²) in [6, 6.07) is 0. The summed E-state index contributed by atoms with van der Waals surface area (Å²) in [7, 11) is 0. The van der Waals surface area contributed by atoms with Gasteiger partial charge in [-0.25, -0.2) is 0 Å². The molecule has 0 spiro atoms. The van der Waals surface area contributed by atoms with Crippen molar-refractivity contribution in [1.29, 1.82) is 0 Å². The smallest absolute Gasteiger partial charge is 0.309 e. The number of rotatable bonds is 3. The van der Waals surface area contributed by atoms with E-state index in [4.69, 9.17) is 9.84 Å². The molecule has 2 aliphatic rings. The third-order valence-electron chi connectivity index (χ3n) is 3.81. The molecular weight excluding hydrogens is 232 g/mol. The highest BCUT2D eigenvalue weighted by Crippen LogP contribution is 2.41. The van der Waals surface area contributed by atoms with E-state index in [2.05, 4.69) is 12.2 Å². The van der Waals surface area contributed by atoms with E-state index in [-0.39, 0.29) is 38.0 Å². The van der Waals surface area contributed by atoms with Crippen molar-refractivity contribution in [2.24, 2.45) is 17.8 Å². The van der Waals surface area contributed by atoms with Gasteiger partial charge < -0.3 is 15.3 Å². The Labute approximate surface area is 109 Å². The SMILES string of the molecule is O.O=C(OCCO)C1CCCC2C=CCCC21.[CH2]. The first-order valence-electron chi connectivity index (χ1n) is 6.27. The molecule has 2 rings (SSSR count). The Balaban J connectivity index is 0.00000144. The zero-order chi connectivity index (χ0) is 11.4. The molecule has 3 atom stereocenters. The summed E-state index contributed by atoms with van der Waals surface area (Å²) in [6.45, 7) is 0.0645. The van der Waals surface area contributed by atoms with E-state index in [0.29, 0.717) is 11.8 Å². The van der Waals surface area contributed by atoms with Crippen molar-refractivity contribution in [2.45, 2.75) is 32.1 Å². The minimum absolute atomic E-state index is 0. The topological polar surface area (TPSA) is 78.0 Å². The summed E-state index contributed by atoms with van der Waals surface area (Å²) in [4.78, 5) is 11.9. The molecular formula is C14H24O4. The Morgan fingerprint density at radius 2 is 2.11 bits per heavy atom. The Hall–Kier alpha value is -0.870. The van der Waals surface area contributed by atoms with Crippen LogP contribution in [0.25, 0.3) is 0 Å². The number of fused-ring (bicyclic) bond motifs is 1. The zero-order valence-corrected chi connectivity index (χ0v) is 10.8. The van der Waals surface area contributed by atoms with E-state index < -0.39 is 0 Å². The lowest BCUT2D eigenvalue weighted by Crippen LogP contribution is -2.35. The molecule has 0 amide bonds. The van der Waals surface area contributed by atoms with Gasteiger partial charge in [0.15, 0.2) is 0 Å². The van der Waals surface area contributed by atoms with Crippen molar-refractivity contribution >= 4 is 5.97 Å². The average molecular weight is 256 g/mol. The van der Waals surface area contributed by atoms with E-state index >= 15 is 0 Å². The maximum atomic E-state index is 11.9. The summed E-state index contributed by atoms with van der Waals surface area (Å²) in [6.07, 6.45) is 10.0. The number of hydrogen-bond acceptors (Lipinski definition) is 3. The number of allylic oxidation sites excluding steroid dienone is 2. The number of carbonyl (C=O) groups is 1. The van der Waals surface area contributed by atoms with Gasteiger partial charge in [0.25, 0.3) is 0 Å². The van der Waals surface area contributed by atoms with Crippen LogP contribution < -0.4 is 0 Å². The van der Waals surface area contributed by atoms with Gasteiger partial charge >= 0.3 is 5.97 Å². The Kier molecular flexibility index (Phi) is 7.87. The van der Waals surface area contributed by atoms with Crippen molar-refractivity contribution in [2.75, 3.05) is 13.2 Å². The molecule has 18 heavy (non-hydrogen) atoms. The normalized spacial score (nSPS) is 29.5. The molecule has 1 saturated carbocycles. The molecule has 4 heteroatoms. The van der Waals surface area contributed by atoms with Gasteiger partial charge in [-0.1, -0.05) is 26.0 Å². The third kappa shape index (κ3) is 3.82. The van der Waals surface area contributed by atoms with Crippen LogP contribution in [0.4, 0.5) is 0 Å². The van der Waals surface area contributed by atoms with Gasteiger partial charge in [0.1, 0.15) is 6.61 Å². The molecule has 1 fully saturated rings. The summed E-state index contributed by atoms with van der Waals surface area (Å²) in [5.74, 6) is 1.02. The van der Waals surface area contributed by atoms with Crippen LogP contribution >= 0.6 is 0 Å². The maximum absolute atomic E-state index is 11.9. The molecule has 2 radical (unpaired) electrons. The van der Waals surface area contributed by atoms with E-state index in [0.717, 1.165) is 25.7 Å². The minimum Gasteiger partial charge on any atom is -0.463 e. The van der Waals surface area contributed by atoms with Crippen LogP contribution in [0.2, 0.25) is 0 Å². The second-order valence-corrected chi connectivity index (χ2v) is 4.76. The highest BCUT2D eigenvalue weighted by atomic mass is 16.5. The largest absolute Gasteiger partial charge is 0.463 e. The lowest BCUT2D eigenvalue weighted by molar-refractivity contribution is -0.153. The Bertz CT molecular complexity index is 275. The lowest BCUT2D eigenvalue weighted by atomic mass is 9.68. The first-order chi connectivity index (χ1) is 7.83. The summed E-state index contributed by atoms with van der Waals surface area (Å²) in [5, 5.41) is 8.66. The third-order valence-corrected chi connectivity index (χ3v) is 3.81. The summed E-state index contributed by atoms with van der Waals surface area (Å²) in [5.41, 5.74) is 0. The number of aliphatic hydroxyl groups excluding tert-OH is 1. The fraction of sp³-hybridized carbons (Fsp3) is 0.714. The number of esters is 1. The van der Waals surface area contributed by atoms with E-state index in [1.165, 1.54) is 6.42 Å². The molecule has 0 aromatic carbocycles. The number of ether oxygens (including phenoxy) is 1. The second-order valence-electron chi connectivity index (χ2n) is 4.76. The monoisotopic (exact) mass is 256 g/mol. The Morgan fingerprint density at radius 1 is 1.33 bits per heavy atom. The van der Waals surface area contributed by atoms with Gasteiger partial charge in [0.05, 0.1) is 12.5 Å². The van der Waals surface area contributed by atoms with Crippen LogP contribution in [0.3, 0.4) is 0 Å². The first-order valence-corrected chi connectivity index (χ1v) is 6.27. The Morgan fingerprint density at radius 3 is 2.83 bits per heavy atom. The number of aliphatic hydroxyl groups is 1. The molecule has 4 nitrogen and oxygen atoms in total. The van der Waals surface area contributed by atoms with Crippen molar-refractivity contribution in [3.63, 3.8) is 0 Å². The molecule has 0 saturated heterocycles. The average Bonchev–Trinajstić information content (AvgIpc) is 2.35. The molecule has 0 aliphatic heterocycles. The minimum atomic E-state index is -0.0981. The fourth-order valence-corrected chi connectivity index (χ4v) is 3.06. The predicted molar refractivity (Wildman–Crippen MR) is 69.7 cm³/mol. The van der Waals surface area contributed by atoms with Crippen LogP contribution in [0.15, 0.2) is 12.2 Å². The van der Waals surface area contributed by atoms with Crippen molar-refractivity contribution in [3.8, 4) is 0 Å². The van der Waals surface area contributed by atoms with E-state index in [1.807, 2.05) is 0 Å². The number of carbonyl (C=O) groups excluding carboxylic acids is 1. The highest BCUT2D eigenvalue weighted by Gasteiger charge is 2.37.